The standard InChI is InChI=1S/C9H12ClN3O2/c1-2-3-4-11-9-12-5-6(10)7(13-9)8(14)15/h5H,2-4H2,1H3,(H,14,15)(H,11,12,13). The van der Waals surface area contributed by atoms with E-state index in [1.165, 1.54) is 6.20 Å². The van der Waals surface area contributed by atoms with Gasteiger partial charge in [-0.25, -0.2) is 14.8 Å². The molecular formula is C9H12ClN3O2. The molecule has 0 atom stereocenters. The average molecular weight is 230 g/mol. The van der Waals surface area contributed by atoms with Crippen molar-refractivity contribution in [3.8, 4) is 0 Å². The van der Waals surface area contributed by atoms with Crippen molar-refractivity contribution in [2.24, 2.45) is 0 Å². The van der Waals surface area contributed by atoms with Crippen LogP contribution in [-0.2, 0) is 0 Å². The highest BCUT2D eigenvalue weighted by atomic mass is 35.5. The van der Waals surface area contributed by atoms with Crippen molar-refractivity contribution >= 4 is 23.5 Å². The van der Waals surface area contributed by atoms with Crippen molar-refractivity contribution in [2.75, 3.05) is 11.9 Å². The summed E-state index contributed by atoms with van der Waals surface area (Å²) in [7, 11) is 0. The summed E-state index contributed by atoms with van der Waals surface area (Å²) < 4.78 is 0. The second-order valence-electron chi connectivity index (χ2n) is 2.98. The molecule has 1 aromatic heterocycles. The smallest absolute Gasteiger partial charge is 0.356 e. The minimum Gasteiger partial charge on any atom is -0.476 e. The first-order valence-electron chi connectivity index (χ1n) is 4.65. The van der Waals surface area contributed by atoms with Crippen molar-refractivity contribution in [1.29, 1.82) is 0 Å². The van der Waals surface area contributed by atoms with E-state index >= 15 is 0 Å². The Bertz CT molecular complexity index is 357. The third kappa shape index (κ3) is 3.36. The Morgan fingerprint density at radius 2 is 2.40 bits per heavy atom. The van der Waals surface area contributed by atoms with E-state index in [2.05, 4.69) is 22.2 Å². The second-order valence-corrected chi connectivity index (χ2v) is 3.38. The van der Waals surface area contributed by atoms with Gasteiger partial charge in [0.05, 0.1) is 11.2 Å². The number of hydrogen-bond donors (Lipinski definition) is 2. The Kier molecular flexibility index (Phi) is 4.30. The van der Waals surface area contributed by atoms with Gasteiger partial charge in [-0.05, 0) is 6.42 Å². The van der Waals surface area contributed by atoms with E-state index < -0.39 is 5.97 Å². The highest BCUT2D eigenvalue weighted by Crippen LogP contribution is 2.13. The van der Waals surface area contributed by atoms with Crippen molar-refractivity contribution in [2.45, 2.75) is 19.8 Å². The Morgan fingerprint density at radius 1 is 1.67 bits per heavy atom. The number of carboxylic acids is 1. The van der Waals surface area contributed by atoms with E-state index in [9.17, 15) is 4.79 Å². The van der Waals surface area contributed by atoms with E-state index in [-0.39, 0.29) is 10.7 Å². The number of halogens is 1. The van der Waals surface area contributed by atoms with E-state index in [0.717, 1.165) is 19.4 Å². The minimum absolute atomic E-state index is 0.0449. The second kappa shape index (κ2) is 5.50. The van der Waals surface area contributed by atoms with Gasteiger partial charge in [0.2, 0.25) is 5.95 Å². The maximum absolute atomic E-state index is 10.7. The van der Waals surface area contributed by atoms with Gasteiger partial charge in [0.1, 0.15) is 0 Å². The molecule has 6 heteroatoms. The molecule has 15 heavy (non-hydrogen) atoms. The highest BCUT2D eigenvalue weighted by molar-refractivity contribution is 6.33. The number of aromatic carboxylic acids is 1. The average Bonchev–Trinajstić information content (AvgIpc) is 2.20. The summed E-state index contributed by atoms with van der Waals surface area (Å²) in [5.74, 6) is -0.855. The topological polar surface area (TPSA) is 75.1 Å². The molecule has 0 aliphatic heterocycles. The zero-order valence-corrected chi connectivity index (χ0v) is 9.08. The van der Waals surface area contributed by atoms with Gasteiger partial charge in [-0.1, -0.05) is 24.9 Å². The summed E-state index contributed by atoms with van der Waals surface area (Å²) in [6, 6.07) is 0. The molecule has 0 saturated carbocycles. The third-order valence-corrected chi connectivity index (χ3v) is 2.04. The highest BCUT2D eigenvalue weighted by Gasteiger charge is 2.11. The predicted molar refractivity (Wildman–Crippen MR) is 57.4 cm³/mol. The Balaban J connectivity index is 2.74. The van der Waals surface area contributed by atoms with Gasteiger partial charge < -0.3 is 10.4 Å². The molecule has 0 saturated heterocycles. The Morgan fingerprint density at radius 3 is 3.00 bits per heavy atom. The minimum atomic E-state index is -1.15. The van der Waals surface area contributed by atoms with Gasteiger partial charge in [-0.3, -0.25) is 0 Å². The first-order chi connectivity index (χ1) is 7.15. The van der Waals surface area contributed by atoms with Crippen LogP contribution in [0.2, 0.25) is 5.02 Å². The molecule has 0 spiro atoms. The molecule has 0 aliphatic carbocycles. The maximum atomic E-state index is 10.7. The summed E-state index contributed by atoms with van der Waals surface area (Å²) in [5, 5.41) is 11.7. The normalized spacial score (nSPS) is 10.0. The van der Waals surface area contributed by atoms with Crippen LogP contribution in [0.3, 0.4) is 0 Å². The van der Waals surface area contributed by atoms with Crippen LogP contribution in [0.5, 0.6) is 0 Å². The van der Waals surface area contributed by atoms with E-state index in [1.807, 2.05) is 0 Å². The van der Waals surface area contributed by atoms with Crippen molar-refractivity contribution in [3.63, 3.8) is 0 Å². The molecule has 1 rings (SSSR count). The van der Waals surface area contributed by atoms with Crippen molar-refractivity contribution in [3.05, 3.63) is 16.9 Å². The SMILES string of the molecule is CCCCNc1ncc(Cl)c(C(=O)O)n1. The van der Waals surface area contributed by atoms with E-state index in [0.29, 0.717) is 5.95 Å². The monoisotopic (exact) mass is 229 g/mol. The Hall–Kier alpha value is -1.36. The summed E-state index contributed by atoms with van der Waals surface area (Å²) in [6.07, 6.45) is 3.31. The number of hydrogen-bond acceptors (Lipinski definition) is 4. The predicted octanol–water partition coefficient (Wildman–Crippen LogP) is 2.04. The van der Waals surface area contributed by atoms with Crippen LogP contribution in [-0.4, -0.2) is 27.6 Å². The van der Waals surface area contributed by atoms with Gasteiger partial charge in [0.25, 0.3) is 0 Å². The lowest BCUT2D eigenvalue weighted by molar-refractivity contribution is 0.0690. The summed E-state index contributed by atoms with van der Waals surface area (Å²) in [6.45, 7) is 2.78. The fourth-order valence-corrected chi connectivity index (χ4v) is 1.15. The van der Waals surface area contributed by atoms with Gasteiger partial charge >= 0.3 is 5.97 Å². The van der Waals surface area contributed by atoms with Crippen LogP contribution in [0.4, 0.5) is 5.95 Å². The summed E-state index contributed by atoms with van der Waals surface area (Å²) in [4.78, 5) is 18.4. The molecule has 0 fully saturated rings. The largest absolute Gasteiger partial charge is 0.476 e. The molecule has 0 aromatic carbocycles. The van der Waals surface area contributed by atoms with Crippen LogP contribution in [0.15, 0.2) is 6.20 Å². The molecule has 0 amide bonds. The van der Waals surface area contributed by atoms with Crippen molar-refractivity contribution < 1.29 is 9.90 Å². The molecule has 82 valence electrons. The van der Waals surface area contributed by atoms with Crippen LogP contribution < -0.4 is 5.32 Å². The molecule has 5 nitrogen and oxygen atoms in total. The molecule has 0 aliphatic rings. The number of carboxylic acid groups (broad SMARTS) is 1. The Labute approximate surface area is 92.5 Å². The molecule has 2 N–H and O–H groups in total. The van der Waals surface area contributed by atoms with Crippen LogP contribution in [0.1, 0.15) is 30.3 Å². The van der Waals surface area contributed by atoms with E-state index in [4.69, 9.17) is 16.7 Å². The van der Waals surface area contributed by atoms with E-state index in [1.54, 1.807) is 0 Å². The molecule has 0 radical (unpaired) electrons. The molecule has 1 heterocycles. The van der Waals surface area contributed by atoms with Gasteiger partial charge in [-0.15, -0.1) is 0 Å². The quantitative estimate of drug-likeness (QED) is 0.756. The van der Waals surface area contributed by atoms with Crippen LogP contribution >= 0.6 is 11.6 Å². The molecule has 0 unspecified atom stereocenters. The lowest BCUT2D eigenvalue weighted by Crippen LogP contribution is -2.09. The molecule has 0 bridgehead atoms. The lowest BCUT2D eigenvalue weighted by atomic mass is 10.3. The lowest BCUT2D eigenvalue weighted by Gasteiger charge is -2.04. The number of anilines is 1. The van der Waals surface area contributed by atoms with Crippen LogP contribution in [0, 0.1) is 0 Å². The van der Waals surface area contributed by atoms with Crippen LogP contribution in [0.25, 0.3) is 0 Å². The number of carbonyl (C=O) groups is 1. The van der Waals surface area contributed by atoms with Gasteiger partial charge in [0, 0.05) is 6.54 Å². The maximum Gasteiger partial charge on any atom is 0.356 e. The summed E-state index contributed by atoms with van der Waals surface area (Å²) in [5.41, 5.74) is -0.175. The van der Waals surface area contributed by atoms with Gasteiger partial charge in [0.15, 0.2) is 5.69 Å². The van der Waals surface area contributed by atoms with Crippen molar-refractivity contribution in [1.82, 2.24) is 9.97 Å². The molecule has 1 aromatic rings. The fraction of sp³-hybridized carbons (Fsp3) is 0.444. The zero-order valence-electron chi connectivity index (χ0n) is 8.33. The molecular weight excluding hydrogens is 218 g/mol. The van der Waals surface area contributed by atoms with Gasteiger partial charge in [-0.2, -0.15) is 0 Å². The first kappa shape index (κ1) is 11.7. The third-order valence-electron chi connectivity index (χ3n) is 1.76. The fourth-order valence-electron chi connectivity index (χ4n) is 0.979. The number of unbranched alkanes of at least 4 members (excludes halogenated alkanes) is 1. The number of nitrogens with zero attached hydrogens (tertiary/aromatic N) is 2. The zero-order chi connectivity index (χ0) is 11.3. The number of rotatable bonds is 5. The summed E-state index contributed by atoms with van der Waals surface area (Å²) >= 11 is 5.62. The first-order valence-corrected chi connectivity index (χ1v) is 5.02. The number of nitrogens with one attached hydrogen (secondary N) is 1. The number of aromatic nitrogens is 2.